The quantitative estimate of drug-likeness (QED) is 0.675. The third-order valence-corrected chi connectivity index (χ3v) is 3.63. The molecule has 0 aromatic heterocycles. The number of halogens is 2. The lowest BCUT2D eigenvalue weighted by molar-refractivity contribution is 0.103. The van der Waals surface area contributed by atoms with Crippen LogP contribution in [-0.4, -0.2) is 20.0 Å². The number of methoxy groups -OCH3 is 2. The molecule has 110 valence electrons. The summed E-state index contributed by atoms with van der Waals surface area (Å²) in [6, 6.07) is 7.05. The molecule has 0 aliphatic carbocycles. The molecule has 6 heteroatoms. The van der Waals surface area contributed by atoms with Gasteiger partial charge in [0, 0.05) is 15.6 Å². The Bertz CT molecular complexity index is 704. The Morgan fingerprint density at radius 1 is 1.14 bits per heavy atom. The molecule has 0 aliphatic rings. The second-order valence-corrected chi connectivity index (χ2v) is 5.11. The van der Waals surface area contributed by atoms with Crippen LogP contribution in [0.3, 0.4) is 0 Å². The first kappa shape index (κ1) is 15.3. The van der Waals surface area contributed by atoms with E-state index >= 15 is 0 Å². The molecular formula is C15H13BrFNO3. The molecule has 0 amide bonds. The average molecular weight is 354 g/mol. The summed E-state index contributed by atoms with van der Waals surface area (Å²) in [6.45, 7) is 0. The van der Waals surface area contributed by atoms with Crippen LogP contribution in [0, 0.1) is 5.82 Å². The van der Waals surface area contributed by atoms with Crippen molar-refractivity contribution in [3.05, 3.63) is 51.7 Å². The van der Waals surface area contributed by atoms with E-state index in [4.69, 9.17) is 15.2 Å². The van der Waals surface area contributed by atoms with E-state index < -0.39 is 5.82 Å². The summed E-state index contributed by atoms with van der Waals surface area (Å²) in [5, 5.41) is 0. The van der Waals surface area contributed by atoms with E-state index in [9.17, 15) is 9.18 Å². The van der Waals surface area contributed by atoms with E-state index in [-0.39, 0.29) is 11.5 Å². The summed E-state index contributed by atoms with van der Waals surface area (Å²) in [7, 11) is 2.99. The molecule has 2 rings (SSSR count). The van der Waals surface area contributed by atoms with Gasteiger partial charge in [-0.15, -0.1) is 0 Å². The van der Waals surface area contributed by atoms with E-state index in [1.54, 1.807) is 12.1 Å². The molecule has 0 bridgehead atoms. The van der Waals surface area contributed by atoms with E-state index in [0.717, 1.165) is 6.07 Å². The standard InChI is InChI=1S/C15H13BrFNO3/c1-20-13-6-9(10(16)7-14(13)21-2)15(19)8-3-4-11(17)12(18)5-8/h3-7H,18H2,1-2H3. The van der Waals surface area contributed by atoms with Crippen LogP contribution in [0.15, 0.2) is 34.8 Å². The van der Waals surface area contributed by atoms with Crippen molar-refractivity contribution in [2.75, 3.05) is 20.0 Å². The molecule has 2 aromatic carbocycles. The maximum absolute atomic E-state index is 13.2. The number of carbonyl (C=O) groups is 1. The van der Waals surface area contributed by atoms with Gasteiger partial charge in [-0.1, -0.05) is 0 Å². The summed E-state index contributed by atoms with van der Waals surface area (Å²) in [5.41, 5.74) is 6.09. The number of rotatable bonds is 4. The monoisotopic (exact) mass is 353 g/mol. The van der Waals surface area contributed by atoms with E-state index in [1.165, 1.54) is 26.4 Å². The van der Waals surface area contributed by atoms with Gasteiger partial charge >= 0.3 is 0 Å². The van der Waals surface area contributed by atoms with Crippen LogP contribution in [0.4, 0.5) is 10.1 Å². The Morgan fingerprint density at radius 3 is 2.33 bits per heavy atom. The SMILES string of the molecule is COc1cc(Br)c(C(=O)c2ccc(F)c(N)c2)cc1OC. The molecule has 0 saturated carbocycles. The first-order valence-corrected chi connectivity index (χ1v) is 6.78. The minimum atomic E-state index is -0.557. The van der Waals surface area contributed by atoms with Gasteiger partial charge in [-0.3, -0.25) is 4.79 Å². The highest BCUT2D eigenvalue weighted by Gasteiger charge is 2.17. The van der Waals surface area contributed by atoms with Crippen molar-refractivity contribution in [1.82, 2.24) is 0 Å². The van der Waals surface area contributed by atoms with Gasteiger partial charge in [0.15, 0.2) is 17.3 Å². The van der Waals surface area contributed by atoms with E-state index in [1.807, 2.05) is 0 Å². The summed E-state index contributed by atoms with van der Waals surface area (Å²) in [5.74, 6) is 0.0751. The minimum Gasteiger partial charge on any atom is -0.493 e. The molecule has 21 heavy (non-hydrogen) atoms. The fraction of sp³-hybridized carbons (Fsp3) is 0.133. The summed E-state index contributed by atoms with van der Waals surface area (Å²) in [4.78, 5) is 12.5. The Balaban J connectivity index is 2.50. The molecular weight excluding hydrogens is 341 g/mol. The second kappa shape index (κ2) is 6.13. The van der Waals surface area contributed by atoms with Crippen LogP contribution < -0.4 is 15.2 Å². The minimum absolute atomic E-state index is 0.0718. The zero-order valence-corrected chi connectivity index (χ0v) is 13.0. The topological polar surface area (TPSA) is 61.5 Å². The zero-order chi connectivity index (χ0) is 15.6. The molecule has 0 heterocycles. The highest BCUT2D eigenvalue weighted by Crippen LogP contribution is 2.34. The first-order valence-electron chi connectivity index (χ1n) is 5.99. The van der Waals surface area contributed by atoms with Crippen LogP contribution in [0.2, 0.25) is 0 Å². The average Bonchev–Trinajstić information content (AvgIpc) is 2.49. The second-order valence-electron chi connectivity index (χ2n) is 4.25. The van der Waals surface area contributed by atoms with Crippen molar-refractivity contribution >= 4 is 27.4 Å². The van der Waals surface area contributed by atoms with Crippen molar-refractivity contribution in [2.45, 2.75) is 0 Å². The zero-order valence-electron chi connectivity index (χ0n) is 11.4. The van der Waals surface area contributed by atoms with Gasteiger partial charge in [0.05, 0.1) is 19.9 Å². The maximum Gasteiger partial charge on any atom is 0.194 e. The van der Waals surface area contributed by atoms with Crippen molar-refractivity contribution in [3.8, 4) is 11.5 Å². The van der Waals surface area contributed by atoms with Crippen LogP contribution >= 0.6 is 15.9 Å². The number of ether oxygens (including phenoxy) is 2. The molecule has 0 radical (unpaired) electrons. The van der Waals surface area contributed by atoms with Gasteiger partial charge < -0.3 is 15.2 Å². The van der Waals surface area contributed by atoms with Gasteiger partial charge in [-0.25, -0.2) is 4.39 Å². The lowest BCUT2D eigenvalue weighted by Gasteiger charge is -2.11. The molecule has 0 spiro atoms. The van der Waals surface area contributed by atoms with Crippen molar-refractivity contribution < 1.29 is 18.7 Å². The van der Waals surface area contributed by atoms with Crippen LogP contribution in [0.1, 0.15) is 15.9 Å². The summed E-state index contributed by atoms with van der Waals surface area (Å²) >= 11 is 3.32. The maximum atomic E-state index is 13.2. The fourth-order valence-corrected chi connectivity index (χ4v) is 2.37. The number of ketones is 1. The molecule has 0 atom stereocenters. The number of nitrogen functional groups attached to an aromatic ring is 1. The Kier molecular flexibility index (Phi) is 4.47. The normalized spacial score (nSPS) is 10.3. The highest BCUT2D eigenvalue weighted by atomic mass is 79.9. The number of anilines is 1. The molecule has 0 unspecified atom stereocenters. The predicted molar refractivity (Wildman–Crippen MR) is 81.5 cm³/mol. The van der Waals surface area contributed by atoms with Gasteiger partial charge in [0.25, 0.3) is 0 Å². The first-order chi connectivity index (χ1) is 9.97. The fourth-order valence-electron chi connectivity index (χ4n) is 1.87. The van der Waals surface area contributed by atoms with Crippen molar-refractivity contribution in [1.29, 1.82) is 0 Å². The molecule has 0 fully saturated rings. The third kappa shape index (κ3) is 3.00. The molecule has 4 nitrogen and oxygen atoms in total. The van der Waals surface area contributed by atoms with Gasteiger partial charge in [0.1, 0.15) is 5.82 Å². The number of carbonyl (C=O) groups excluding carboxylic acids is 1. The smallest absolute Gasteiger partial charge is 0.194 e. The predicted octanol–water partition coefficient (Wildman–Crippen LogP) is 3.42. The Hall–Kier alpha value is -2.08. The van der Waals surface area contributed by atoms with Crippen molar-refractivity contribution in [3.63, 3.8) is 0 Å². The number of benzene rings is 2. The van der Waals surface area contributed by atoms with Crippen LogP contribution in [-0.2, 0) is 0 Å². The van der Waals surface area contributed by atoms with Gasteiger partial charge in [-0.05, 0) is 46.3 Å². The Labute approximate surface area is 129 Å². The van der Waals surface area contributed by atoms with Gasteiger partial charge in [-0.2, -0.15) is 0 Å². The Morgan fingerprint density at radius 2 is 1.76 bits per heavy atom. The van der Waals surface area contributed by atoms with Crippen LogP contribution in [0.5, 0.6) is 11.5 Å². The molecule has 2 aromatic rings. The lowest BCUT2D eigenvalue weighted by Crippen LogP contribution is -2.05. The van der Waals surface area contributed by atoms with E-state index in [2.05, 4.69) is 15.9 Å². The highest BCUT2D eigenvalue weighted by molar-refractivity contribution is 9.10. The van der Waals surface area contributed by atoms with Crippen molar-refractivity contribution in [2.24, 2.45) is 0 Å². The van der Waals surface area contributed by atoms with Crippen LogP contribution in [0.25, 0.3) is 0 Å². The number of hydrogen-bond acceptors (Lipinski definition) is 4. The van der Waals surface area contributed by atoms with E-state index in [0.29, 0.717) is 27.1 Å². The lowest BCUT2D eigenvalue weighted by atomic mass is 10.0. The summed E-state index contributed by atoms with van der Waals surface area (Å²) < 4.78 is 24.1. The van der Waals surface area contributed by atoms with Gasteiger partial charge in [0.2, 0.25) is 0 Å². The number of nitrogens with two attached hydrogens (primary N) is 1. The summed E-state index contributed by atoms with van der Waals surface area (Å²) in [6.07, 6.45) is 0. The molecule has 0 aliphatic heterocycles. The molecule has 0 saturated heterocycles. The largest absolute Gasteiger partial charge is 0.493 e. The molecule has 2 N–H and O–H groups in total. The third-order valence-electron chi connectivity index (χ3n) is 2.98. The number of hydrogen-bond donors (Lipinski definition) is 1.